The lowest BCUT2D eigenvalue weighted by molar-refractivity contribution is 0.282. The Morgan fingerprint density at radius 3 is 2.83 bits per heavy atom. The van der Waals surface area contributed by atoms with Gasteiger partial charge in [0.25, 0.3) is 0 Å². The van der Waals surface area contributed by atoms with Crippen molar-refractivity contribution < 1.29 is 10.2 Å². The second-order valence-corrected chi connectivity index (χ2v) is 3.96. The van der Waals surface area contributed by atoms with Gasteiger partial charge in [-0.05, 0) is 23.8 Å². The molecule has 3 rings (SSSR count). The van der Waals surface area contributed by atoms with Gasteiger partial charge in [0.05, 0.1) is 12.1 Å². The van der Waals surface area contributed by atoms with Gasteiger partial charge >= 0.3 is 0 Å². The minimum atomic E-state index is -0.0512. The summed E-state index contributed by atoms with van der Waals surface area (Å²) in [7, 11) is 0. The van der Waals surface area contributed by atoms with E-state index in [-0.39, 0.29) is 12.4 Å². The highest BCUT2D eigenvalue weighted by Crippen LogP contribution is 2.26. The van der Waals surface area contributed by atoms with Crippen LogP contribution in [0.2, 0.25) is 0 Å². The van der Waals surface area contributed by atoms with Crippen LogP contribution in [0.1, 0.15) is 5.56 Å². The summed E-state index contributed by atoms with van der Waals surface area (Å²) in [6.45, 7) is -0.0512. The molecular weight excluding hydrogens is 230 g/mol. The Morgan fingerprint density at radius 2 is 2.11 bits per heavy atom. The predicted molar refractivity (Wildman–Crippen MR) is 66.5 cm³/mol. The zero-order valence-electron chi connectivity index (χ0n) is 9.48. The third-order valence-electron chi connectivity index (χ3n) is 2.76. The first-order chi connectivity index (χ1) is 8.78. The Balaban J connectivity index is 2.24. The molecule has 2 N–H and O–H groups in total. The van der Waals surface area contributed by atoms with Crippen molar-refractivity contribution in [3.8, 4) is 11.6 Å². The minimum absolute atomic E-state index is 0.0512. The number of pyridine rings is 1. The van der Waals surface area contributed by atoms with Crippen LogP contribution in [-0.4, -0.2) is 25.0 Å². The molecule has 18 heavy (non-hydrogen) atoms. The molecule has 2 heterocycles. The lowest BCUT2D eigenvalue weighted by Crippen LogP contribution is -1.98. The molecule has 0 aliphatic heterocycles. The van der Waals surface area contributed by atoms with Crippen molar-refractivity contribution in [2.24, 2.45) is 0 Å². The lowest BCUT2D eigenvalue weighted by Gasteiger charge is -2.06. The Labute approximate surface area is 103 Å². The largest absolute Gasteiger partial charge is 0.507 e. The summed E-state index contributed by atoms with van der Waals surface area (Å²) in [5, 5.41) is 23.8. The molecule has 3 aromatic rings. The van der Waals surface area contributed by atoms with Gasteiger partial charge in [-0.2, -0.15) is 5.10 Å². The highest BCUT2D eigenvalue weighted by atomic mass is 16.3. The summed E-state index contributed by atoms with van der Waals surface area (Å²) in [5.74, 6) is 0.690. The third kappa shape index (κ3) is 1.70. The molecule has 0 fully saturated rings. The summed E-state index contributed by atoms with van der Waals surface area (Å²) in [5.41, 5.74) is 1.39. The van der Waals surface area contributed by atoms with Crippen molar-refractivity contribution in [1.82, 2.24) is 14.8 Å². The van der Waals surface area contributed by atoms with Gasteiger partial charge in [0.15, 0.2) is 5.82 Å². The van der Waals surface area contributed by atoms with Gasteiger partial charge in [-0.15, -0.1) is 0 Å². The summed E-state index contributed by atoms with van der Waals surface area (Å²) < 4.78 is 1.57. The molecule has 0 amide bonds. The zero-order valence-corrected chi connectivity index (χ0v) is 9.48. The Morgan fingerprint density at radius 1 is 1.22 bits per heavy atom. The summed E-state index contributed by atoms with van der Waals surface area (Å²) in [6, 6.07) is 8.61. The number of hydrogen-bond donors (Lipinski definition) is 2. The number of benzene rings is 1. The van der Waals surface area contributed by atoms with E-state index in [1.807, 2.05) is 0 Å². The van der Waals surface area contributed by atoms with Gasteiger partial charge in [0.1, 0.15) is 5.75 Å². The fourth-order valence-electron chi connectivity index (χ4n) is 1.86. The first kappa shape index (κ1) is 10.7. The fourth-order valence-corrected chi connectivity index (χ4v) is 1.86. The average Bonchev–Trinajstić information content (AvgIpc) is 2.91. The zero-order chi connectivity index (χ0) is 12.5. The molecule has 90 valence electrons. The van der Waals surface area contributed by atoms with E-state index in [0.29, 0.717) is 16.7 Å². The van der Waals surface area contributed by atoms with E-state index in [0.717, 1.165) is 5.56 Å². The number of aromatic hydroxyl groups is 1. The van der Waals surface area contributed by atoms with Crippen LogP contribution in [-0.2, 0) is 6.61 Å². The standard InChI is InChI=1S/C13H11N3O2/c17-8-9-2-3-10-11(6-9)15-13(7-12(10)18)16-5-1-4-14-16/h1-7,17H,8H2,(H,15,18). The SMILES string of the molecule is OCc1ccc2c(O)cc(-n3cccn3)nc2c1. The van der Waals surface area contributed by atoms with Crippen molar-refractivity contribution >= 4 is 10.9 Å². The highest BCUT2D eigenvalue weighted by molar-refractivity contribution is 5.86. The first-order valence-electron chi connectivity index (χ1n) is 5.51. The molecule has 0 bridgehead atoms. The molecule has 5 nitrogen and oxygen atoms in total. The van der Waals surface area contributed by atoms with Gasteiger partial charge in [0.2, 0.25) is 0 Å². The molecule has 0 aliphatic carbocycles. The maximum atomic E-state index is 9.97. The molecule has 0 saturated carbocycles. The van der Waals surface area contributed by atoms with E-state index in [2.05, 4.69) is 10.1 Å². The van der Waals surface area contributed by atoms with Gasteiger partial charge < -0.3 is 10.2 Å². The number of aromatic nitrogens is 3. The maximum Gasteiger partial charge on any atom is 0.157 e. The second kappa shape index (κ2) is 4.12. The number of aliphatic hydroxyl groups is 1. The van der Waals surface area contributed by atoms with Crippen LogP contribution in [0.3, 0.4) is 0 Å². The molecule has 0 spiro atoms. The van der Waals surface area contributed by atoms with Crippen molar-refractivity contribution in [3.05, 3.63) is 48.3 Å². The molecular formula is C13H11N3O2. The van der Waals surface area contributed by atoms with Gasteiger partial charge in [-0.25, -0.2) is 9.67 Å². The van der Waals surface area contributed by atoms with E-state index in [1.165, 1.54) is 0 Å². The van der Waals surface area contributed by atoms with E-state index in [1.54, 1.807) is 47.4 Å². The Hall–Kier alpha value is -2.40. The van der Waals surface area contributed by atoms with Crippen LogP contribution < -0.4 is 0 Å². The number of fused-ring (bicyclic) bond motifs is 1. The van der Waals surface area contributed by atoms with E-state index in [4.69, 9.17) is 5.11 Å². The molecule has 2 aromatic heterocycles. The topological polar surface area (TPSA) is 71.2 Å². The number of rotatable bonds is 2. The second-order valence-electron chi connectivity index (χ2n) is 3.96. The van der Waals surface area contributed by atoms with Crippen LogP contribution in [0.25, 0.3) is 16.7 Å². The van der Waals surface area contributed by atoms with Crippen LogP contribution >= 0.6 is 0 Å². The normalized spacial score (nSPS) is 10.9. The Kier molecular flexibility index (Phi) is 2.46. The number of hydrogen-bond acceptors (Lipinski definition) is 4. The molecule has 1 aromatic carbocycles. The van der Waals surface area contributed by atoms with Gasteiger partial charge in [-0.1, -0.05) is 6.07 Å². The molecule has 5 heteroatoms. The van der Waals surface area contributed by atoms with Crippen LogP contribution in [0.4, 0.5) is 0 Å². The Bertz CT molecular complexity index is 693. The smallest absolute Gasteiger partial charge is 0.157 e. The predicted octanol–water partition coefficient (Wildman–Crippen LogP) is 1.62. The summed E-state index contributed by atoms with van der Waals surface area (Å²) >= 11 is 0. The maximum absolute atomic E-state index is 9.97. The van der Waals surface area contributed by atoms with Gasteiger partial charge in [-0.3, -0.25) is 0 Å². The van der Waals surface area contributed by atoms with Crippen molar-refractivity contribution in [3.63, 3.8) is 0 Å². The summed E-state index contributed by atoms with van der Waals surface area (Å²) in [4.78, 5) is 4.42. The van der Waals surface area contributed by atoms with Crippen molar-refractivity contribution in [1.29, 1.82) is 0 Å². The number of nitrogens with zero attached hydrogens (tertiary/aromatic N) is 3. The van der Waals surface area contributed by atoms with Crippen molar-refractivity contribution in [2.45, 2.75) is 6.61 Å². The molecule has 0 saturated heterocycles. The van der Waals surface area contributed by atoms with Crippen LogP contribution in [0.15, 0.2) is 42.7 Å². The average molecular weight is 241 g/mol. The third-order valence-corrected chi connectivity index (χ3v) is 2.76. The van der Waals surface area contributed by atoms with E-state index in [9.17, 15) is 5.11 Å². The number of aliphatic hydroxyl groups excluding tert-OH is 1. The lowest BCUT2D eigenvalue weighted by atomic mass is 10.1. The van der Waals surface area contributed by atoms with E-state index < -0.39 is 0 Å². The van der Waals surface area contributed by atoms with Crippen molar-refractivity contribution in [2.75, 3.05) is 0 Å². The molecule has 0 unspecified atom stereocenters. The quantitative estimate of drug-likeness (QED) is 0.715. The highest BCUT2D eigenvalue weighted by Gasteiger charge is 2.07. The summed E-state index contributed by atoms with van der Waals surface area (Å²) in [6.07, 6.45) is 3.40. The molecule has 0 atom stereocenters. The fraction of sp³-hybridized carbons (Fsp3) is 0.0769. The molecule has 0 radical (unpaired) electrons. The van der Waals surface area contributed by atoms with Gasteiger partial charge in [0, 0.05) is 23.8 Å². The monoisotopic (exact) mass is 241 g/mol. The molecule has 0 aliphatic rings. The van der Waals surface area contributed by atoms with Crippen LogP contribution in [0, 0.1) is 0 Å². The van der Waals surface area contributed by atoms with E-state index >= 15 is 0 Å². The van der Waals surface area contributed by atoms with Crippen LogP contribution in [0.5, 0.6) is 5.75 Å². The minimum Gasteiger partial charge on any atom is -0.507 e. The first-order valence-corrected chi connectivity index (χ1v) is 5.51.